The van der Waals surface area contributed by atoms with Crippen molar-refractivity contribution < 1.29 is 19.2 Å². The van der Waals surface area contributed by atoms with E-state index in [4.69, 9.17) is 4.74 Å². The third kappa shape index (κ3) is 5.45. The van der Waals surface area contributed by atoms with E-state index >= 15 is 0 Å². The summed E-state index contributed by atoms with van der Waals surface area (Å²) in [5.74, 6) is -1.14. The van der Waals surface area contributed by atoms with Crippen LogP contribution >= 0.6 is 0 Å². The van der Waals surface area contributed by atoms with Crippen molar-refractivity contribution in [3.05, 3.63) is 29.8 Å². The van der Waals surface area contributed by atoms with Crippen molar-refractivity contribution in [2.45, 2.75) is 37.8 Å². The molecule has 2 atom stereocenters. The lowest BCUT2D eigenvalue weighted by atomic mass is 10.0. The van der Waals surface area contributed by atoms with E-state index in [0.717, 1.165) is 38.2 Å². The van der Waals surface area contributed by atoms with Crippen molar-refractivity contribution in [2.75, 3.05) is 51.8 Å². The summed E-state index contributed by atoms with van der Waals surface area (Å²) < 4.78 is 5.48. The van der Waals surface area contributed by atoms with Crippen molar-refractivity contribution in [1.82, 2.24) is 10.6 Å². The fourth-order valence-corrected chi connectivity index (χ4v) is 4.05. The number of amides is 2. The molecule has 1 aromatic rings. The Kier molecular flexibility index (Phi) is 7.28. The maximum Gasteiger partial charge on any atom is 0.309 e. The molecule has 2 saturated heterocycles. The summed E-state index contributed by atoms with van der Waals surface area (Å²) in [5, 5.41) is 5.54. The molecule has 0 aliphatic carbocycles. The van der Waals surface area contributed by atoms with Crippen LogP contribution in [0.25, 0.3) is 0 Å². The summed E-state index contributed by atoms with van der Waals surface area (Å²) in [4.78, 5) is 27.9. The van der Waals surface area contributed by atoms with Crippen LogP contribution in [0.3, 0.4) is 0 Å². The zero-order valence-corrected chi connectivity index (χ0v) is 17.0. The number of rotatable bonds is 7. The van der Waals surface area contributed by atoms with Crippen molar-refractivity contribution >= 4 is 17.5 Å². The smallest absolute Gasteiger partial charge is 0.309 e. The lowest BCUT2D eigenvalue weighted by Crippen LogP contribution is -3.11. The molecular formula is C21H33N4O3+. The first kappa shape index (κ1) is 20.6. The topological polar surface area (TPSA) is 75.1 Å². The van der Waals surface area contributed by atoms with Gasteiger partial charge < -0.3 is 25.2 Å². The molecule has 3 rings (SSSR count). The second-order valence-electron chi connectivity index (χ2n) is 7.96. The van der Waals surface area contributed by atoms with Gasteiger partial charge in [0.2, 0.25) is 0 Å². The summed E-state index contributed by atoms with van der Waals surface area (Å²) in [5.41, 5.74) is 2.35. The number of carbonyl (C=O) groups is 2. The molecule has 2 amide bonds. The average Bonchev–Trinajstić information content (AvgIpc) is 3.40. The number of carbonyl (C=O) groups excluding carboxylic acids is 2. The number of likely N-dealkylation sites (tertiary alicyclic amines) is 1. The van der Waals surface area contributed by atoms with Gasteiger partial charge in [-0.25, -0.2) is 0 Å². The first-order valence-corrected chi connectivity index (χ1v) is 10.3. The van der Waals surface area contributed by atoms with Crippen LogP contribution in [0.2, 0.25) is 0 Å². The van der Waals surface area contributed by atoms with Crippen LogP contribution in [0.4, 0.5) is 5.69 Å². The van der Waals surface area contributed by atoms with Gasteiger partial charge in [-0.3, -0.25) is 9.59 Å². The van der Waals surface area contributed by atoms with Crippen LogP contribution in [0.15, 0.2) is 24.3 Å². The summed E-state index contributed by atoms with van der Waals surface area (Å²) in [6.45, 7) is 3.80. The number of hydrogen-bond acceptors (Lipinski definition) is 4. The first-order valence-electron chi connectivity index (χ1n) is 10.3. The molecule has 2 aliphatic heterocycles. The lowest BCUT2D eigenvalue weighted by Gasteiger charge is -2.26. The molecule has 2 fully saturated rings. The third-order valence-corrected chi connectivity index (χ3v) is 5.74. The van der Waals surface area contributed by atoms with Crippen LogP contribution < -0.4 is 20.4 Å². The summed E-state index contributed by atoms with van der Waals surface area (Å²) in [7, 11) is 4.04. The Balaban J connectivity index is 1.56. The standard InChI is InChI=1S/C21H32N4O3/c1-24(2)17-9-7-16(8-10-17)19(25-11-3-4-12-25)15-23-21(27)20(26)22-14-18-6-5-13-28-18/h7-10,18-19H,3-6,11-15H2,1-2H3,(H,22,26)(H,23,27)/p+1/t18-,19+/m1/s1. The minimum absolute atomic E-state index is 0.0359. The third-order valence-electron chi connectivity index (χ3n) is 5.74. The highest BCUT2D eigenvalue weighted by Gasteiger charge is 2.29. The highest BCUT2D eigenvalue weighted by atomic mass is 16.5. The predicted molar refractivity (Wildman–Crippen MR) is 108 cm³/mol. The van der Waals surface area contributed by atoms with Crippen molar-refractivity contribution in [2.24, 2.45) is 0 Å². The van der Waals surface area contributed by atoms with Gasteiger partial charge in [0, 0.05) is 51.3 Å². The van der Waals surface area contributed by atoms with E-state index in [1.807, 2.05) is 14.1 Å². The number of anilines is 1. The zero-order chi connectivity index (χ0) is 19.9. The van der Waals surface area contributed by atoms with Crippen LogP contribution in [-0.2, 0) is 14.3 Å². The number of hydrogen-bond donors (Lipinski definition) is 3. The molecule has 2 heterocycles. The van der Waals surface area contributed by atoms with Gasteiger partial charge in [0.1, 0.15) is 6.04 Å². The number of ether oxygens (including phenoxy) is 1. The Morgan fingerprint density at radius 2 is 1.79 bits per heavy atom. The molecular weight excluding hydrogens is 356 g/mol. The van der Waals surface area contributed by atoms with Gasteiger partial charge in [0.25, 0.3) is 0 Å². The minimum Gasteiger partial charge on any atom is -0.378 e. The average molecular weight is 390 g/mol. The fourth-order valence-electron chi connectivity index (χ4n) is 4.05. The van der Waals surface area contributed by atoms with Gasteiger partial charge in [-0.05, 0) is 25.0 Å². The monoisotopic (exact) mass is 389 g/mol. The van der Waals surface area contributed by atoms with Gasteiger partial charge in [0.15, 0.2) is 0 Å². The molecule has 1 aromatic carbocycles. The predicted octanol–water partition coefficient (Wildman–Crippen LogP) is -0.116. The Labute approximate surface area is 167 Å². The van der Waals surface area contributed by atoms with Crippen molar-refractivity contribution in [1.29, 1.82) is 0 Å². The number of nitrogens with one attached hydrogen (secondary N) is 3. The Morgan fingerprint density at radius 3 is 2.39 bits per heavy atom. The molecule has 0 radical (unpaired) electrons. The van der Waals surface area contributed by atoms with E-state index < -0.39 is 11.8 Å². The molecule has 0 unspecified atom stereocenters. The first-order chi connectivity index (χ1) is 13.5. The van der Waals surface area contributed by atoms with Crippen molar-refractivity contribution in [3.8, 4) is 0 Å². The van der Waals surface area contributed by atoms with Gasteiger partial charge in [-0.1, -0.05) is 12.1 Å². The molecule has 0 aromatic heterocycles. The number of benzene rings is 1. The van der Waals surface area contributed by atoms with Gasteiger partial charge in [-0.2, -0.15) is 0 Å². The van der Waals surface area contributed by atoms with Crippen molar-refractivity contribution in [3.63, 3.8) is 0 Å². The maximum absolute atomic E-state index is 12.3. The van der Waals surface area contributed by atoms with E-state index in [9.17, 15) is 9.59 Å². The lowest BCUT2D eigenvalue weighted by molar-refractivity contribution is -0.918. The molecule has 154 valence electrons. The van der Waals surface area contributed by atoms with Gasteiger partial charge in [-0.15, -0.1) is 0 Å². The molecule has 3 N–H and O–H groups in total. The van der Waals surface area contributed by atoms with Crippen LogP contribution in [0.1, 0.15) is 37.3 Å². The Bertz CT molecular complexity index is 650. The van der Waals surface area contributed by atoms with E-state index in [1.165, 1.54) is 23.3 Å². The van der Waals surface area contributed by atoms with E-state index in [2.05, 4.69) is 39.8 Å². The van der Waals surface area contributed by atoms with Crippen LogP contribution in [-0.4, -0.2) is 64.8 Å². The van der Waals surface area contributed by atoms with E-state index in [0.29, 0.717) is 13.1 Å². The Morgan fingerprint density at radius 1 is 1.11 bits per heavy atom. The molecule has 0 saturated carbocycles. The van der Waals surface area contributed by atoms with E-state index in [1.54, 1.807) is 0 Å². The van der Waals surface area contributed by atoms with Crippen LogP contribution in [0.5, 0.6) is 0 Å². The van der Waals surface area contributed by atoms with Gasteiger partial charge >= 0.3 is 11.8 Å². The number of quaternary nitrogens is 1. The molecule has 0 spiro atoms. The van der Waals surface area contributed by atoms with Crippen LogP contribution in [0, 0.1) is 0 Å². The van der Waals surface area contributed by atoms with Gasteiger partial charge in [0.05, 0.1) is 25.7 Å². The largest absolute Gasteiger partial charge is 0.378 e. The number of nitrogens with zero attached hydrogens (tertiary/aromatic N) is 1. The molecule has 7 heteroatoms. The summed E-state index contributed by atoms with van der Waals surface area (Å²) >= 11 is 0. The zero-order valence-electron chi connectivity index (χ0n) is 17.0. The normalized spacial score (nSPS) is 20.7. The summed E-state index contributed by atoms with van der Waals surface area (Å²) in [6.07, 6.45) is 4.40. The maximum atomic E-state index is 12.3. The molecule has 7 nitrogen and oxygen atoms in total. The summed E-state index contributed by atoms with van der Waals surface area (Å²) in [6, 6.07) is 8.64. The quantitative estimate of drug-likeness (QED) is 0.569. The highest BCUT2D eigenvalue weighted by Crippen LogP contribution is 2.17. The van der Waals surface area contributed by atoms with E-state index in [-0.39, 0.29) is 12.1 Å². The molecule has 0 bridgehead atoms. The fraction of sp³-hybridized carbons (Fsp3) is 0.619. The highest BCUT2D eigenvalue weighted by molar-refractivity contribution is 6.35. The second kappa shape index (κ2) is 9.89. The minimum atomic E-state index is -0.575. The Hall–Kier alpha value is -2.12. The second-order valence-corrected chi connectivity index (χ2v) is 7.96. The SMILES string of the molecule is CN(C)c1ccc([C@H](CNC(=O)C(=O)NC[C@H]2CCCO2)[NH+]2CCCC2)cc1. The molecule has 2 aliphatic rings. The molecule has 28 heavy (non-hydrogen) atoms.